The Balaban J connectivity index is 2.96. The lowest BCUT2D eigenvalue weighted by Gasteiger charge is -2.24. The maximum absolute atomic E-state index is 5.73. The van der Waals surface area contributed by atoms with Crippen molar-refractivity contribution in [1.29, 1.82) is 0 Å². The average molecular weight is 265 g/mol. The number of aromatic nitrogens is 2. The van der Waals surface area contributed by atoms with E-state index < -0.39 is 5.60 Å². The molecule has 1 aromatic rings. The van der Waals surface area contributed by atoms with Gasteiger partial charge in [0.1, 0.15) is 5.60 Å². The highest BCUT2D eigenvalue weighted by Gasteiger charge is 2.25. The highest BCUT2D eigenvalue weighted by Crippen LogP contribution is 2.23. The first-order valence-corrected chi connectivity index (χ1v) is 7.05. The Bertz CT molecular complexity index is 393. The van der Waals surface area contributed by atoms with Gasteiger partial charge in [-0.3, -0.25) is 0 Å². The molecule has 0 spiro atoms. The molecule has 0 fully saturated rings. The van der Waals surface area contributed by atoms with E-state index in [-0.39, 0.29) is 0 Å². The second-order valence-electron chi connectivity index (χ2n) is 5.35. The molecule has 0 bridgehead atoms. The molecule has 0 saturated heterocycles. The summed E-state index contributed by atoms with van der Waals surface area (Å²) in [6, 6.07) is 0. The van der Waals surface area contributed by atoms with Crippen molar-refractivity contribution in [3.63, 3.8) is 0 Å². The Labute approximate surface area is 117 Å². The minimum Gasteiger partial charge on any atom is -0.368 e. The van der Waals surface area contributed by atoms with Gasteiger partial charge in [0.05, 0.1) is 0 Å². The van der Waals surface area contributed by atoms with Gasteiger partial charge in [-0.15, -0.1) is 0 Å². The fourth-order valence-corrected chi connectivity index (χ4v) is 2.24. The summed E-state index contributed by atoms with van der Waals surface area (Å²) in [6.45, 7) is 11.8. The topological polar surface area (TPSA) is 47.0 Å². The zero-order valence-electron chi connectivity index (χ0n) is 13.1. The quantitative estimate of drug-likeness (QED) is 0.770. The van der Waals surface area contributed by atoms with E-state index >= 15 is 0 Å². The lowest BCUT2D eigenvalue weighted by Crippen LogP contribution is -2.26. The Hall–Kier alpha value is -1.00. The van der Waals surface area contributed by atoms with Gasteiger partial charge in [0.25, 0.3) is 0 Å². The fourth-order valence-electron chi connectivity index (χ4n) is 2.24. The van der Waals surface area contributed by atoms with Gasteiger partial charge in [-0.25, -0.2) is 9.97 Å². The molecule has 1 N–H and O–H groups in total. The van der Waals surface area contributed by atoms with E-state index in [9.17, 15) is 0 Å². The van der Waals surface area contributed by atoms with Crippen molar-refractivity contribution < 1.29 is 4.74 Å². The van der Waals surface area contributed by atoms with E-state index in [4.69, 9.17) is 4.74 Å². The zero-order chi connectivity index (χ0) is 14.5. The maximum atomic E-state index is 5.73. The first kappa shape index (κ1) is 16.1. The Morgan fingerprint density at radius 3 is 2.21 bits per heavy atom. The molecule has 0 amide bonds. The third-order valence-corrected chi connectivity index (χ3v) is 3.32. The molecule has 0 saturated carbocycles. The molecule has 1 rings (SSSR count). The fraction of sp³-hybridized carbons (Fsp3) is 0.733. The van der Waals surface area contributed by atoms with Crippen LogP contribution < -0.4 is 5.32 Å². The first-order chi connectivity index (χ1) is 8.92. The van der Waals surface area contributed by atoms with Gasteiger partial charge in [-0.05, 0) is 66.6 Å². The Morgan fingerprint density at radius 2 is 1.74 bits per heavy atom. The highest BCUT2D eigenvalue weighted by molar-refractivity contribution is 5.25. The van der Waals surface area contributed by atoms with Crippen molar-refractivity contribution in [2.24, 2.45) is 0 Å². The second-order valence-corrected chi connectivity index (χ2v) is 5.35. The molecule has 0 radical (unpaired) electrons. The molecule has 0 aliphatic carbocycles. The van der Waals surface area contributed by atoms with Gasteiger partial charge in [-0.1, -0.05) is 0 Å². The van der Waals surface area contributed by atoms with Crippen molar-refractivity contribution in [3.8, 4) is 0 Å². The number of nitrogens with zero attached hydrogens (tertiary/aromatic N) is 2. The number of aryl methyl sites for hydroxylation is 2. The summed E-state index contributed by atoms with van der Waals surface area (Å²) in [5.74, 6) is 0.779. The van der Waals surface area contributed by atoms with Crippen LogP contribution in [0.25, 0.3) is 0 Å². The number of hydrogen-bond acceptors (Lipinski definition) is 4. The molecule has 0 aliphatic rings. The molecule has 0 aliphatic heterocycles. The number of ether oxygens (including phenoxy) is 1. The predicted octanol–water partition coefficient (Wildman–Crippen LogP) is 2.52. The minimum absolute atomic E-state index is 0.423. The molecule has 1 aromatic heterocycles. The van der Waals surface area contributed by atoms with Gasteiger partial charge < -0.3 is 10.1 Å². The van der Waals surface area contributed by atoms with Gasteiger partial charge in [-0.2, -0.15) is 0 Å². The molecule has 108 valence electrons. The van der Waals surface area contributed by atoms with Crippen LogP contribution in [0.1, 0.15) is 50.0 Å². The van der Waals surface area contributed by atoms with Gasteiger partial charge in [0.15, 0.2) is 5.82 Å². The van der Waals surface area contributed by atoms with Crippen LogP contribution in [0.5, 0.6) is 0 Å². The second kappa shape index (κ2) is 6.96. The molecule has 0 unspecified atom stereocenters. The third-order valence-electron chi connectivity index (χ3n) is 3.32. The predicted molar refractivity (Wildman–Crippen MR) is 78.4 cm³/mol. The van der Waals surface area contributed by atoms with Crippen LogP contribution in [0.2, 0.25) is 0 Å². The molecule has 0 atom stereocenters. The van der Waals surface area contributed by atoms with Gasteiger partial charge in [0, 0.05) is 18.0 Å². The summed E-state index contributed by atoms with van der Waals surface area (Å²) < 4.78 is 5.73. The summed E-state index contributed by atoms with van der Waals surface area (Å²) in [4.78, 5) is 9.29. The van der Waals surface area contributed by atoms with Crippen LogP contribution in [0.3, 0.4) is 0 Å². The third kappa shape index (κ3) is 4.25. The first-order valence-electron chi connectivity index (χ1n) is 7.05. The monoisotopic (exact) mass is 265 g/mol. The normalized spacial score (nSPS) is 11.9. The summed E-state index contributed by atoms with van der Waals surface area (Å²) in [7, 11) is 1.98. The largest absolute Gasteiger partial charge is 0.368 e. The SMILES string of the molecule is CCOC(C)(C)c1nc(C)c(CCCNC)c(C)n1. The van der Waals surface area contributed by atoms with Crippen molar-refractivity contribution in [2.45, 2.75) is 53.1 Å². The Kier molecular flexibility index (Phi) is 5.88. The lowest BCUT2D eigenvalue weighted by molar-refractivity contribution is -0.0210. The van der Waals surface area contributed by atoms with E-state index in [1.807, 2.05) is 27.8 Å². The van der Waals surface area contributed by atoms with E-state index in [1.54, 1.807) is 0 Å². The maximum Gasteiger partial charge on any atom is 0.160 e. The number of nitrogens with one attached hydrogen (secondary N) is 1. The lowest BCUT2D eigenvalue weighted by atomic mass is 10.0. The van der Waals surface area contributed by atoms with Crippen LogP contribution in [0.15, 0.2) is 0 Å². The molecular formula is C15H27N3O. The van der Waals surface area contributed by atoms with E-state index in [0.29, 0.717) is 6.61 Å². The smallest absolute Gasteiger partial charge is 0.160 e. The van der Waals surface area contributed by atoms with Crippen LogP contribution in [0, 0.1) is 13.8 Å². The van der Waals surface area contributed by atoms with Crippen molar-refractivity contribution >= 4 is 0 Å². The van der Waals surface area contributed by atoms with Crippen molar-refractivity contribution in [1.82, 2.24) is 15.3 Å². The van der Waals surface area contributed by atoms with E-state index in [0.717, 1.165) is 36.6 Å². The number of rotatable bonds is 7. The summed E-state index contributed by atoms with van der Waals surface area (Å²) in [6.07, 6.45) is 2.13. The highest BCUT2D eigenvalue weighted by atomic mass is 16.5. The summed E-state index contributed by atoms with van der Waals surface area (Å²) in [5.41, 5.74) is 3.00. The van der Waals surface area contributed by atoms with Crippen LogP contribution in [0.4, 0.5) is 0 Å². The molecule has 1 heterocycles. The zero-order valence-corrected chi connectivity index (χ0v) is 13.1. The van der Waals surface area contributed by atoms with Gasteiger partial charge in [0.2, 0.25) is 0 Å². The molecule has 4 heteroatoms. The van der Waals surface area contributed by atoms with Crippen LogP contribution in [-0.4, -0.2) is 30.2 Å². The van der Waals surface area contributed by atoms with Crippen molar-refractivity contribution in [3.05, 3.63) is 22.8 Å². The number of hydrogen-bond donors (Lipinski definition) is 1. The van der Waals surface area contributed by atoms with Crippen LogP contribution in [-0.2, 0) is 16.8 Å². The average Bonchev–Trinajstić information content (AvgIpc) is 2.32. The van der Waals surface area contributed by atoms with Crippen LogP contribution >= 0.6 is 0 Å². The molecule has 19 heavy (non-hydrogen) atoms. The summed E-state index contributed by atoms with van der Waals surface area (Å²) in [5, 5.41) is 3.17. The summed E-state index contributed by atoms with van der Waals surface area (Å²) >= 11 is 0. The van der Waals surface area contributed by atoms with E-state index in [2.05, 4.69) is 29.1 Å². The molecular weight excluding hydrogens is 238 g/mol. The molecule has 4 nitrogen and oxygen atoms in total. The standard InChI is InChI=1S/C15H27N3O/c1-7-19-15(4,5)14-17-11(2)13(12(3)18-14)9-8-10-16-6/h16H,7-10H2,1-6H3. The molecule has 0 aromatic carbocycles. The minimum atomic E-state index is -0.423. The van der Waals surface area contributed by atoms with Gasteiger partial charge >= 0.3 is 0 Å². The van der Waals surface area contributed by atoms with E-state index in [1.165, 1.54) is 5.56 Å². The van der Waals surface area contributed by atoms with Crippen molar-refractivity contribution in [2.75, 3.05) is 20.2 Å². The Morgan fingerprint density at radius 1 is 1.16 bits per heavy atom.